The lowest BCUT2D eigenvalue weighted by Crippen LogP contribution is -2.44. The van der Waals surface area contributed by atoms with Crippen molar-refractivity contribution in [3.05, 3.63) is 0 Å². The summed E-state index contributed by atoms with van der Waals surface area (Å²) in [5, 5.41) is 43.1. The molecule has 8 heteroatoms. The van der Waals surface area contributed by atoms with Crippen molar-refractivity contribution >= 4 is 5.78 Å². The molecule has 0 saturated heterocycles. The third-order valence-electron chi connectivity index (χ3n) is 1.39. The smallest absolute Gasteiger partial charge is 0.189 e. The van der Waals surface area contributed by atoms with Crippen LogP contribution >= 0.6 is 0 Å². The Morgan fingerprint density at radius 2 is 1.73 bits per heavy atom. The minimum Gasteiger partial charge on any atom is -0.394 e. The van der Waals surface area contributed by atoms with Crippen molar-refractivity contribution in [3.63, 3.8) is 0 Å². The summed E-state index contributed by atoms with van der Waals surface area (Å²) >= 11 is 0. The Morgan fingerprint density at radius 1 is 1.33 bits per heavy atom. The number of aliphatic hydroxyl groups is 5. The molecule has 3 atom stereocenters. The van der Waals surface area contributed by atoms with Crippen molar-refractivity contribution in [1.82, 2.24) is 0 Å². The van der Waals surface area contributed by atoms with Crippen LogP contribution in [0.3, 0.4) is 0 Å². The molecule has 0 rings (SSSR count). The molecule has 0 aromatic rings. The van der Waals surface area contributed by atoms with Crippen LogP contribution in [-0.4, -0.2) is 70.0 Å². The first-order valence-corrected chi connectivity index (χ1v) is 3.97. The molecule has 0 aliphatic rings. The second-order valence-corrected chi connectivity index (χ2v) is 2.55. The van der Waals surface area contributed by atoms with Gasteiger partial charge in [0.1, 0.15) is 24.9 Å². The maximum Gasteiger partial charge on any atom is 0.189 e. The van der Waals surface area contributed by atoms with Gasteiger partial charge in [-0.3, -0.25) is 4.79 Å². The Hall–Kier alpha value is -0.610. The van der Waals surface area contributed by atoms with E-state index in [-0.39, 0.29) is 0 Å². The number of nitrogens with two attached hydrogens (primary N) is 1. The lowest BCUT2D eigenvalue weighted by atomic mass is 10.1. The van der Waals surface area contributed by atoms with Crippen LogP contribution in [0.4, 0.5) is 0 Å². The first-order valence-electron chi connectivity index (χ1n) is 3.97. The first kappa shape index (κ1) is 16.8. The molecular weight excluding hydrogens is 210 g/mol. The van der Waals surface area contributed by atoms with Gasteiger partial charge in [-0.1, -0.05) is 0 Å². The fourth-order valence-electron chi connectivity index (χ4n) is 0.602. The zero-order valence-electron chi connectivity index (χ0n) is 8.28. The van der Waals surface area contributed by atoms with Crippen molar-refractivity contribution in [2.45, 2.75) is 18.3 Å². The lowest BCUT2D eigenvalue weighted by molar-refractivity contribution is -0.142. The van der Waals surface area contributed by atoms with Gasteiger partial charge in [0, 0.05) is 0 Å². The predicted octanol–water partition coefficient (Wildman–Crippen LogP) is -3.87. The van der Waals surface area contributed by atoms with Gasteiger partial charge in [0.15, 0.2) is 5.78 Å². The van der Waals surface area contributed by atoms with E-state index in [9.17, 15) is 4.79 Å². The number of rotatable bonds is 5. The summed E-state index contributed by atoms with van der Waals surface area (Å²) in [5.74, 6) is 3.34. The van der Waals surface area contributed by atoms with Crippen LogP contribution in [0.5, 0.6) is 0 Å². The quantitative estimate of drug-likeness (QED) is 0.261. The number of ketones is 1. The molecule has 15 heavy (non-hydrogen) atoms. The summed E-state index contributed by atoms with van der Waals surface area (Å²) in [6, 6.07) is 0. The van der Waals surface area contributed by atoms with E-state index in [0.29, 0.717) is 0 Å². The van der Waals surface area contributed by atoms with E-state index in [2.05, 4.69) is 10.7 Å². The molecule has 0 aromatic carbocycles. The maximum absolute atomic E-state index is 10.5. The van der Waals surface area contributed by atoms with Gasteiger partial charge in [-0.25, -0.2) is 5.90 Å². The van der Waals surface area contributed by atoms with Gasteiger partial charge in [0.2, 0.25) is 0 Å². The van der Waals surface area contributed by atoms with Gasteiger partial charge in [0.25, 0.3) is 0 Å². The van der Waals surface area contributed by atoms with Gasteiger partial charge < -0.3 is 30.4 Å². The van der Waals surface area contributed by atoms with E-state index in [0.717, 1.165) is 0 Å². The Balaban J connectivity index is 0. The summed E-state index contributed by atoms with van der Waals surface area (Å²) in [7, 11) is 1.40. The van der Waals surface area contributed by atoms with Gasteiger partial charge in [-0.2, -0.15) is 0 Å². The number of Topliss-reactive ketones (excluding diaryl/α,β-unsaturated/α-hetero) is 1. The van der Waals surface area contributed by atoms with Crippen molar-refractivity contribution in [3.8, 4) is 0 Å². The van der Waals surface area contributed by atoms with E-state index in [4.69, 9.17) is 25.5 Å². The molecule has 7 N–H and O–H groups in total. The molecule has 0 unspecified atom stereocenters. The van der Waals surface area contributed by atoms with Crippen LogP contribution in [0.1, 0.15) is 0 Å². The van der Waals surface area contributed by atoms with Crippen molar-refractivity contribution in [1.29, 1.82) is 0 Å². The van der Waals surface area contributed by atoms with Crippen LogP contribution < -0.4 is 5.90 Å². The second-order valence-electron chi connectivity index (χ2n) is 2.55. The number of aliphatic hydroxyl groups excluding tert-OH is 5. The number of hydrogen-bond acceptors (Lipinski definition) is 8. The molecule has 0 aliphatic heterocycles. The molecule has 8 nitrogen and oxygen atoms in total. The molecule has 0 heterocycles. The second kappa shape index (κ2) is 9.93. The molecule has 0 aromatic heterocycles. The number of carbonyl (C=O) groups is 1. The monoisotopic (exact) mass is 227 g/mol. The van der Waals surface area contributed by atoms with E-state index >= 15 is 0 Å². The van der Waals surface area contributed by atoms with Crippen LogP contribution in [0, 0.1) is 0 Å². The zero-order chi connectivity index (χ0) is 12.4. The molecule has 0 bridgehead atoms. The average Bonchev–Trinajstić information content (AvgIpc) is 2.25. The SMILES string of the molecule is CON.O=C(CO)[C@H](O)[C@@H](O)[C@H](O)CO. The van der Waals surface area contributed by atoms with Gasteiger partial charge >= 0.3 is 0 Å². The topological polar surface area (TPSA) is 153 Å². The predicted molar refractivity (Wildman–Crippen MR) is 48.4 cm³/mol. The van der Waals surface area contributed by atoms with E-state index in [1.807, 2.05) is 0 Å². The minimum atomic E-state index is -1.86. The van der Waals surface area contributed by atoms with Crippen LogP contribution in [0.25, 0.3) is 0 Å². The summed E-state index contributed by atoms with van der Waals surface area (Å²) in [6.07, 6.45) is -5.22. The molecule has 0 radical (unpaired) electrons. The normalized spacial score (nSPS) is 15.9. The Labute approximate surface area is 86.5 Å². The maximum atomic E-state index is 10.5. The fourth-order valence-corrected chi connectivity index (χ4v) is 0.602. The highest BCUT2D eigenvalue weighted by molar-refractivity contribution is 5.84. The van der Waals surface area contributed by atoms with Crippen LogP contribution in [0.2, 0.25) is 0 Å². The summed E-state index contributed by atoms with van der Waals surface area (Å²) in [6.45, 7) is -1.69. The number of carbonyl (C=O) groups excluding carboxylic acids is 1. The first-order chi connectivity index (χ1) is 6.95. The summed E-state index contributed by atoms with van der Waals surface area (Å²) in [4.78, 5) is 14.3. The van der Waals surface area contributed by atoms with Crippen LogP contribution in [-0.2, 0) is 9.63 Å². The third-order valence-corrected chi connectivity index (χ3v) is 1.39. The highest BCUT2D eigenvalue weighted by Gasteiger charge is 2.28. The largest absolute Gasteiger partial charge is 0.394 e. The third kappa shape index (κ3) is 7.33. The van der Waals surface area contributed by atoms with Crippen molar-refractivity contribution in [2.24, 2.45) is 5.90 Å². The Bertz CT molecular complexity index is 165. The zero-order valence-corrected chi connectivity index (χ0v) is 8.28. The van der Waals surface area contributed by atoms with Gasteiger partial charge in [0.05, 0.1) is 13.7 Å². The van der Waals surface area contributed by atoms with E-state index in [1.165, 1.54) is 7.11 Å². The molecule has 0 amide bonds. The molecule has 0 aliphatic carbocycles. The molecular formula is C7H17NO7. The average molecular weight is 227 g/mol. The fraction of sp³-hybridized carbons (Fsp3) is 0.857. The highest BCUT2D eigenvalue weighted by atomic mass is 16.6. The van der Waals surface area contributed by atoms with Crippen molar-refractivity contribution in [2.75, 3.05) is 20.3 Å². The van der Waals surface area contributed by atoms with Crippen molar-refractivity contribution < 1.29 is 35.2 Å². The summed E-state index contributed by atoms with van der Waals surface area (Å²) < 4.78 is 0. The van der Waals surface area contributed by atoms with Gasteiger partial charge in [-0.15, -0.1) is 0 Å². The van der Waals surface area contributed by atoms with E-state index in [1.54, 1.807) is 0 Å². The highest BCUT2D eigenvalue weighted by Crippen LogP contribution is 2.00. The Morgan fingerprint density at radius 3 is 2.00 bits per heavy atom. The molecule has 0 fully saturated rings. The standard InChI is InChI=1S/C6H12O6.CH5NO/c7-1-3(9)5(11)6(12)4(10)2-8;1-3-2/h3,5-9,11-12H,1-2H2;2H2,1H3/t3-,5+,6+;/m1./s1. The van der Waals surface area contributed by atoms with E-state index < -0.39 is 37.3 Å². The molecule has 0 saturated carbocycles. The van der Waals surface area contributed by atoms with Crippen LogP contribution in [0.15, 0.2) is 0 Å². The Kier molecular flexibility index (Phi) is 11.1. The minimum absolute atomic E-state index is 0.767. The summed E-state index contributed by atoms with van der Waals surface area (Å²) in [5.41, 5.74) is 0. The molecule has 0 spiro atoms. The lowest BCUT2D eigenvalue weighted by Gasteiger charge is -2.19. The number of hydrogen-bond donors (Lipinski definition) is 6. The molecule has 92 valence electrons. The van der Waals surface area contributed by atoms with Gasteiger partial charge in [-0.05, 0) is 0 Å².